The lowest BCUT2D eigenvalue weighted by molar-refractivity contribution is -0.342. The highest BCUT2D eigenvalue weighted by Gasteiger charge is 2.58. The Morgan fingerprint density at radius 3 is 0.778 bits per heavy atom. The van der Waals surface area contributed by atoms with Crippen molar-refractivity contribution in [2.45, 2.75) is 67.9 Å². The lowest BCUT2D eigenvalue weighted by Gasteiger charge is -2.62. The minimum absolute atomic E-state index is 0.0146. The third-order valence-corrected chi connectivity index (χ3v) is 15.3. The van der Waals surface area contributed by atoms with Gasteiger partial charge in [0.15, 0.2) is 29.4 Å². The maximum atomic E-state index is 11.3. The van der Waals surface area contributed by atoms with Crippen LogP contribution in [0.2, 0.25) is 0 Å². The molecule has 272 valence electrons. The molecule has 0 spiro atoms. The van der Waals surface area contributed by atoms with Crippen LogP contribution in [0.3, 0.4) is 0 Å². The highest BCUT2D eigenvalue weighted by molar-refractivity contribution is 7.97. The van der Waals surface area contributed by atoms with E-state index in [1.54, 1.807) is 0 Å². The first-order chi connectivity index (χ1) is 26.4. The van der Waals surface area contributed by atoms with E-state index >= 15 is 0 Å². The Hall–Kier alpha value is -5.04. The summed E-state index contributed by atoms with van der Waals surface area (Å²) in [5.41, 5.74) is -1.74. The maximum absolute atomic E-state index is 11.3. The van der Waals surface area contributed by atoms with Crippen molar-refractivity contribution in [1.29, 1.82) is 0 Å². The van der Waals surface area contributed by atoms with Gasteiger partial charge in [0.2, 0.25) is 0 Å². The van der Waals surface area contributed by atoms with Gasteiger partial charge in [-0.25, -0.2) is 0 Å². The molecule has 10 rings (SSSR count). The van der Waals surface area contributed by atoms with Crippen molar-refractivity contribution in [2.75, 3.05) is 0 Å². The van der Waals surface area contributed by atoms with E-state index in [9.17, 15) is 19.8 Å². The zero-order valence-corrected chi connectivity index (χ0v) is 31.8. The van der Waals surface area contributed by atoms with Crippen molar-refractivity contribution < 1.29 is 19.8 Å². The second-order valence-corrected chi connectivity index (χ2v) is 18.6. The van der Waals surface area contributed by atoms with Crippen LogP contribution < -0.4 is 10.2 Å². The molecule has 4 aliphatic rings. The number of hydrogen-bond donors (Lipinski definition) is 0. The molecule has 0 atom stereocenters. The van der Waals surface area contributed by atoms with Crippen molar-refractivity contribution in [1.82, 2.24) is 0 Å². The third-order valence-electron chi connectivity index (χ3n) is 10.8. The van der Waals surface area contributed by atoms with Gasteiger partial charge in [-0.1, -0.05) is 109 Å². The van der Waals surface area contributed by atoms with Crippen molar-refractivity contribution >= 4 is 33.7 Å². The summed E-state index contributed by atoms with van der Waals surface area (Å²) in [5.74, 6) is -1.60. The molecule has 4 saturated carbocycles. The first-order valence-corrected chi connectivity index (χ1v) is 21.0. The molecular formula is C48H44O4S2. The van der Waals surface area contributed by atoms with Gasteiger partial charge in [0.05, 0.1) is 21.8 Å². The molecule has 0 aliphatic heterocycles. The largest absolute Gasteiger partial charge is 0.550 e. The van der Waals surface area contributed by atoms with E-state index in [1.807, 2.05) is 0 Å². The highest BCUT2D eigenvalue weighted by atomic mass is 32.2. The Morgan fingerprint density at radius 1 is 0.389 bits per heavy atom. The molecule has 0 heterocycles. The Kier molecular flexibility index (Phi) is 11.7. The van der Waals surface area contributed by atoms with Gasteiger partial charge in [-0.2, -0.15) is 0 Å². The van der Waals surface area contributed by atoms with E-state index in [-0.39, 0.29) is 40.0 Å². The minimum atomic E-state index is -1.05. The number of carbonyl (C=O) groups is 2. The quantitative estimate of drug-likeness (QED) is 0.146. The van der Waals surface area contributed by atoms with Crippen LogP contribution >= 0.6 is 0 Å². The number of benzene rings is 6. The third kappa shape index (κ3) is 8.36. The molecule has 0 unspecified atom stereocenters. The van der Waals surface area contributed by atoms with Gasteiger partial charge in [-0.05, 0) is 123 Å². The molecule has 4 nitrogen and oxygen atoms in total. The lowest BCUT2D eigenvalue weighted by Crippen LogP contribution is -2.62. The van der Waals surface area contributed by atoms with Crippen LogP contribution in [-0.2, 0) is 31.4 Å². The molecule has 0 N–H and O–H groups in total. The fourth-order valence-corrected chi connectivity index (χ4v) is 13.1. The van der Waals surface area contributed by atoms with Crippen LogP contribution in [-0.4, -0.2) is 11.9 Å². The van der Waals surface area contributed by atoms with Crippen molar-refractivity contribution in [3.05, 3.63) is 182 Å². The Morgan fingerprint density at radius 2 is 0.593 bits per heavy atom. The highest BCUT2D eigenvalue weighted by Crippen LogP contribution is 2.64. The number of hydrogen-bond acceptors (Lipinski definition) is 4. The average molecular weight is 749 g/mol. The summed E-state index contributed by atoms with van der Waals surface area (Å²) in [5, 5.41) is 22.6. The summed E-state index contributed by atoms with van der Waals surface area (Å²) in [6.45, 7) is 0. The molecule has 6 heteroatoms. The normalized spacial score (nSPS) is 22.0. The van der Waals surface area contributed by atoms with E-state index < -0.39 is 22.8 Å². The second-order valence-electron chi connectivity index (χ2n) is 14.6. The molecular weight excluding hydrogens is 705 g/mol. The fourth-order valence-electron chi connectivity index (χ4n) is 8.90. The number of carbonyl (C=O) groups excluding carboxylic acids is 2. The lowest BCUT2D eigenvalue weighted by atomic mass is 9.44. The van der Waals surface area contributed by atoms with E-state index in [0.29, 0.717) is 25.7 Å². The average Bonchev–Trinajstić information content (AvgIpc) is 3.21. The van der Waals surface area contributed by atoms with E-state index in [4.69, 9.17) is 0 Å². The van der Waals surface area contributed by atoms with Crippen LogP contribution in [0.1, 0.15) is 38.5 Å². The van der Waals surface area contributed by atoms with Crippen LogP contribution in [0.15, 0.2) is 211 Å². The molecule has 54 heavy (non-hydrogen) atoms. The van der Waals surface area contributed by atoms with E-state index in [2.05, 4.69) is 182 Å². The summed E-state index contributed by atoms with van der Waals surface area (Å²) in [4.78, 5) is 30.8. The number of carboxylic acids is 2. The smallest absolute Gasteiger partial charge is 0.166 e. The summed E-state index contributed by atoms with van der Waals surface area (Å²) in [7, 11) is -0.0293. The van der Waals surface area contributed by atoms with Gasteiger partial charge in [-0.15, -0.1) is 0 Å². The molecule has 0 saturated heterocycles. The van der Waals surface area contributed by atoms with E-state index in [0.717, 1.165) is 6.42 Å². The Bertz CT molecular complexity index is 1740. The Balaban J connectivity index is 0.000000126. The molecule has 0 aromatic heterocycles. The zero-order valence-electron chi connectivity index (χ0n) is 30.2. The van der Waals surface area contributed by atoms with Gasteiger partial charge in [0, 0.05) is 22.8 Å². The molecule has 0 radical (unpaired) electrons. The topological polar surface area (TPSA) is 80.3 Å². The van der Waals surface area contributed by atoms with Gasteiger partial charge in [0.1, 0.15) is 0 Å². The number of aliphatic carboxylic acids is 2. The molecule has 6 aromatic rings. The zero-order chi connectivity index (χ0) is 37.4. The maximum Gasteiger partial charge on any atom is 0.166 e. The van der Waals surface area contributed by atoms with Crippen LogP contribution in [0.4, 0.5) is 0 Å². The molecule has 4 aliphatic carbocycles. The van der Waals surface area contributed by atoms with Gasteiger partial charge >= 0.3 is 0 Å². The van der Waals surface area contributed by atoms with Crippen LogP contribution in [0.5, 0.6) is 0 Å². The monoisotopic (exact) mass is 748 g/mol. The molecule has 4 bridgehead atoms. The number of carboxylic acid groups (broad SMARTS) is 2. The first kappa shape index (κ1) is 37.3. The second kappa shape index (κ2) is 17.0. The molecule has 6 aromatic carbocycles. The predicted molar refractivity (Wildman–Crippen MR) is 213 cm³/mol. The van der Waals surface area contributed by atoms with Crippen molar-refractivity contribution in [3.63, 3.8) is 0 Å². The standard InChI is InChI=1S/2C18H15S.C12H16O4/c2*1-4-10-16(11-5-1)19(17-12-6-2-7-13-17)18-14-8-3-9-15-18;13-9(14)11-2-7-1-8(4-11)5-12(3-7,6-11)10(15)16/h2*1-15H;7-8H,1-6H2,(H,13,14)(H,15,16)/q2*+1;/p-2. The molecule has 0 amide bonds. The van der Waals surface area contributed by atoms with Crippen molar-refractivity contribution in [3.8, 4) is 0 Å². The van der Waals surface area contributed by atoms with Gasteiger partial charge in [0.25, 0.3) is 0 Å². The fraction of sp³-hybridized carbons (Fsp3) is 0.208. The summed E-state index contributed by atoms with van der Waals surface area (Å²) in [6, 6.07) is 64.3. The predicted octanol–water partition coefficient (Wildman–Crippen LogP) is 8.64. The van der Waals surface area contributed by atoms with Gasteiger partial charge < -0.3 is 19.8 Å². The van der Waals surface area contributed by atoms with Crippen molar-refractivity contribution in [2.24, 2.45) is 22.7 Å². The van der Waals surface area contributed by atoms with E-state index in [1.165, 1.54) is 29.4 Å². The first-order valence-electron chi connectivity index (χ1n) is 18.6. The Labute approximate surface area is 324 Å². The SMILES string of the molecule is O=C([O-])C12CC3CC(C1)CC(C(=O)[O-])(C3)C2.c1ccc([S+](c2ccccc2)c2ccccc2)cc1.c1ccc([S+](c2ccccc2)c2ccccc2)cc1. The molecule has 4 fully saturated rings. The van der Waals surface area contributed by atoms with Crippen LogP contribution in [0, 0.1) is 22.7 Å². The number of rotatable bonds is 8. The van der Waals surface area contributed by atoms with Crippen LogP contribution in [0.25, 0.3) is 0 Å². The summed E-state index contributed by atoms with van der Waals surface area (Å²) in [6.07, 6.45) is 3.67. The summed E-state index contributed by atoms with van der Waals surface area (Å²) >= 11 is 0. The summed E-state index contributed by atoms with van der Waals surface area (Å²) < 4.78 is 0. The van der Waals surface area contributed by atoms with Gasteiger partial charge in [-0.3, -0.25) is 0 Å². The minimum Gasteiger partial charge on any atom is -0.550 e.